The lowest BCUT2D eigenvalue weighted by Gasteiger charge is -2.25. The van der Waals surface area contributed by atoms with Crippen LogP contribution in [0.1, 0.15) is 27.7 Å². The van der Waals surface area contributed by atoms with E-state index in [0.717, 1.165) is 0 Å². The summed E-state index contributed by atoms with van der Waals surface area (Å²) >= 11 is 0. The van der Waals surface area contributed by atoms with Crippen LogP contribution < -0.4 is 10.1 Å². The summed E-state index contributed by atoms with van der Waals surface area (Å²) in [6.07, 6.45) is 0. The molecule has 114 valence electrons. The van der Waals surface area contributed by atoms with Gasteiger partial charge >= 0.3 is 0 Å². The van der Waals surface area contributed by atoms with E-state index in [1.807, 2.05) is 26.8 Å². The molecule has 2 atom stereocenters. The molecule has 4 nitrogen and oxygen atoms in total. The summed E-state index contributed by atoms with van der Waals surface area (Å²) < 4.78 is 18.2. The Hall–Kier alpha value is -2.09. The summed E-state index contributed by atoms with van der Waals surface area (Å²) in [6.45, 7) is 7.58. The maximum absolute atomic E-state index is 12.8. The highest BCUT2D eigenvalue weighted by Gasteiger charge is 2.31. The standard InChI is InChI=1S/C16H21FN2O2/c1-11(10-21-13-7-5-12(17)6-8-13)19-15(20)14(9-18)16(2,3)4/h5-8,11,14H,10H2,1-4H3,(H,19,20)/t11-,14-/m1/s1. The van der Waals surface area contributed by atoms with E-state index in [1.54, 1.807) is 6.92 Å². The molecule has 0 spiro atoms. The van der Waals surface area contributed by atoms with Gasteiger partial charge in [0.1, 0.15) is 24.1 Å². The first-order chi connectivity index (χ1) is 9.74. The molecule has 0 aliphatic heterocycles. The molecule has 21 heavy (non-hydrogen) atoms. The topological polar surface area (TPSA) is 62.1 Å². The van der Waals surface area contributed by atoms with Gasteiger partial charge < -0.3 is 10.1 Å². The van der Waals surface area contributed by atoms with Gasteiger partial charge in [-0.05, 0) is 36.6 Å². The number of hydrogen-bond acceptors (Lipinski definition) is 3. The minimum atomic E-state index is -0.717. The predicted octanol–water partition coefficient (Wildman–Crippen LogP) is 2.90. The summed E-state index contributed by atoms with van der Waals surface area (Å²) in [7, 11) is 0. The van der Waals surface area contributed by atoms with E-state index >= 15 is 0 Å². The lowest BCUT2D eigenvalue weighted by Crippen LogP contribution is -2.43. The molecule has 0 aromatic heterocycles. The Balaban J connectivity index is 2.50. The number of benzene rings is 1. The van der Waals surface area contributed by atoms with Crippen molar-refractivity contribution < 1.29 is 13.9 Å². The molecule has 1 rings (SSSR count). The number of carbonyl (C=O) groups is 1. The Morgan fingerprint density at radius 2 is 1.95 bits per heavy atom. The van der Waals surface area contributed by atoms with Gasteiger partial charge in [0.25, 0.3) is 0 Å². The van der Waals surface area contributed by atoms with Gasteiger partial charge in [-0.25, -0.2) is 4.39 Å². The molecular weight excluding hydrogens is 271 g/mol. The second-order valence-electron chi connectivity index (χ2n) is 6.10. The van der Waals surface area contributed by atoms with Crippen LogP contribution in [-0.2, 0) is 4.79 Å². The van der Waals surface area contributed by atoms with Crippen molar-refractivity contribution >= 4 is 5.91 Å². The molecule has 0 aliphatic carbocycles. The van der Waals surface area contributed by atoms with Crippen molar-refractivity contribution in [2.45, 2.75) is 33.7 Å². The number of ether oxygens (including phenoxy) is 1. The van der Waals surface area contributed by atoms with Crippen LogP contribution in [0.4, 0.5) is 4.39 Å². The zero-order valence-electron chi connectivity index (χ0n) is 12.8. The molecule has 1 aromatic rings. The quantitative estimate of drug-likeness (QED) is 0.907. The van der Waals surface area contributed by atoms with Crippen LogP contribution >= 0.6 is 0 Å². The van der Waals surface area contributed by atoms with E-state index in [9.17, 15) is 9.18 Å². The van der Waals surface area contributed by atoms with Gasteiger partial charge in [-0.15, -0.1) is 0 Å². The van der Waals surface area contributed by atoms with Crippen molar-refractivity contribution in [1.29, 1.82) is 5.26 Å². The third-order valence-corrected chi connectivity index (χ3v) is 2.96. The van der Waals surface area contributed by atoms with E-state index in [4.69, 9.17) is 10.00 Å². The number of nitrogens with zero attached hydrogens (tertiary/aromatic N) is 1. The van der Waals surface area contributed by atoms with Crippen LogP contribution in [0.2, 0.25) is 0 Å². The van der Waals surface area contributed by atoms with E-state index in [1.165, 1.54) is 24.3 Å². The fourth-order valence-electron chi connectivity index (χ4n) is 1.77. The van der Waals surface area contributed by atoms with Crippen LogP contribution in [0.5, 0.6) is 5.75 Å². The molecular formula is C16H21FN2O2. The van der Waals surface area contributed by atoms with Gasteiger partial charge in [0, 0.05) is 0 Å². The first kappa shape index (κ1) is 17.0. The average Bonchev–Trinajstić information content (AvgIpc) is 2.37. The Morgan fingerprint density at radius 3 is 2.43 bits per heavy atom. The predicted molar refractivity (Wildman–Crippen MR) is 78.1 cm³/mol. The van der Waals surface area contributed by atoms with Crippen LogP contribution in [-0.4, -0.2) is 18.6 Å². The Bertz CT molecular complexity index is 515. The Kier molecular flexibility index (Phi) is 5.71. The molecule has 5 heteroatoms. The van der Waals surface area contributed by atoms with Gasteiger partial charge in [0.05, 0.1) is 12.1 Å². The number of carbonyl (C=O) groups excluding carboxylic acids is 1. The molecule has 0 unspecified atom stereocenters. The van der Waals surface area contributed by atoms with Gasteiger partial charge in [-0.3, -0.25) is 4.79 Å². The van der Waals surface area contributed by atoms with Crippen LogP contribution in [0, 0.1) is 28.5 Å². The first-order valence-electron chi connectivity index (χ1n) is 6.82. The second kappa shape index (κ2) is 7.07. The van der Waals surface area contributed by atoms with Crippen LogP contribution in [0.25, 0.3) is 0 Å². The highest BCUT2D eigenvalue weighted by molar-refractivity contribution is 5.82. The maximum Gasteiger partial charge on any atom is 0.238 e. The van der Waals surface area contributed by atoms with Crippen molar-refractivity contribution in [2.75, 3.05) is 6.61 Å². The van der Waals surface area contributed by atoms with E-state index in [0.29, 0.717) is 5.75 Å². The van der Waals surface area contributed by atoms with E-state index < -0.39 is 11.3 Å². The van der Waals surface area contributed by atoms with Gasteiger partial charge in [0.2, 0.25) is 5.91 Å². The van der Waals surface area contributed by atoms with Gasteiger partial charge in [-0.1, -0.05) is 20.8 Å². The molecule has 0 fully saturated rings. The summed E-state index contributed by atoms with van der Waals surface area (Å²) in [6, 6.07) is 7.45. The van der Waals surface area contributed by atoms with Crippen LogP contribution in [0.3, 0.4) is 0 Å². The third kappa shape index (κ3) is 5.42. The fraction of sp³-hybridized carbons (Fsp3) is 0.500. The zero-order chi connectivity index (χ0) is 16.0. The number of hydrogen-bond donors (Lipinski definition) is 1. The number of amides is 1. The third-order valence-electron chi connectivity index (χ3n) is 2.96. The van der Waals surface area contributed by atoms with Gasteiger partial charge in [0.15, 0.2) is 0 Å². The summed E-state index contributed by atoms with van der Waals surface area (Å²) in [4.78, 5) is 12.0. The molecule has 1 N–H and O–H groups in total. The first-order valence-corrected chi connectivity index (χ1v) is 6.82. The minimum absolute atomic E-state index is 0.249. The lowest BCUT2D eigenvalue weighted by atomic mass is 9.81. The maximum atomic E-state index is 12.8. The smallest absolute Gasteiger partial charge is 0.238 e. The number of rotatable bonds is 5. The molecule has 1 amide bonds. The van der Waals surface area contributed by atoms with Crippen LogP contribution in [0.15, 0.2) is 24.3 Å². The van der Waals surface area contributed by atoms with Crippen molar-refractivity contribution in [3.63, 3.8) is 0 Å². The monoisotopic (exact) mass is 292 g/mol. The average molecular weight is 292 g/mol. The molecule has 0 heterocycles. The fourth-order valence-corrected chi connectivity index (χ4v) is 1.77. The summed E-state index contributed by atoms with van der Waals surface area (Å²) in [5, 5.41) is 11.9. The molecule has 0 saturated heterocycles. The Morgan fingerprint density at radius 1 is 1.38 bits per heavy atom. The summed E-state index contributed by atoms with van der Waals surface area (Å²) in [5.41, 5.74) is -0.420. The van der Waals surface area contributed by atoms with Crippen molar-refractivity contribution in [2.24, 2.45) is 11.3 Å². The lowest BCUT2D eigenvalue weighted by molar-refractivity contribution is -0.126. The van der Waals surface area contributed by atoms with Gasteiger partial charge in [-0.2, -0.15) is 5.26 Å². The molecule has 0 bridgehead atoms. The largest absolute Gasteiger partial charge is 0.491 e. The number of halogens is 1. The number of nitrogens with one attached hydrogen (secondary N) is 1. The highest BCUT2D eigenvalue weighted by Crippen LogP contribution is 2.25. The SMILES string of the molecule is C[C@H](COc1ccc(F)cc1)NC(=O)[C@@H](C#N)C(C)(C)C. The van der Waals surface area contributed by atoms with E-state index in [-0.39, 0.29) is 24.4 Å². The second-order valence-corrected chi connectivity index (χ2v) is 6.10. The summed E-state index contributed by atoms with van der Waals surface area (Å²) in [5.74, 6) is -0.818. The zero-order valence-corrected chi connectivity index (χ0v) is 12.8. The van der Waals surface area contributed by atoms with Crippen molar-refractivity contribution in [3.8, 4) is 11.8 Å². The van der Waals surface area contributed by atoms with E-state index in [2.05, 4.69) is 5.32 Å². The Labute approximate surface area is 124 Å². The number of nitriles is 1. The molecule has 0 aliphatic rings. The van der Waals surface area contributed by atoms with Crippen molar-refractivity contribution in [1.82, 2.24) is 5.32 Å². The normalized spacial score (nSPS) is 13.9. The molecule has 0 radical (unpaired) electrons. The molecule has 1 aromatic carbocycles. The van der Waals surface area contributed by atoms with Crippen molar-refractivity contribution in [3.05, 3.63) is 30.1 Å². The molecule has 0 saturated carbocycles. The minimum Gasteiger partial charge on any atom is -0.491 e. The highest BCUT2D eigenvalue weighted by atomic mass is 19.1.